The van der Waals surface area contributed by atoms with Crippen LogP contribution in [0.15, 0.2) is 24.8 Å². The normalized spacial score (nSPS) is 12.2. The summed E-state index contributed by atoms with van der Waals surface area (Å²) in [5, 5.41) is 0. The number of rotatable bonds is 9. The Bertz CT molecular complexity index is 381. The van der Waals surface area contributed by atoms with Crippen molar-refractivity contribution in [1.29, 1.82) is 0 Å². The van der Waals surface area contributed by atoms with Crippen molar-refractivity contribution in [2.75, 3.05) is 0 Å². The number of hydrogen-bond acceptors (Lipinski definition) is 1. The second kappa shape index (κ2) is 8.79. The second-order valence-corrected chi connectivity index (χ2v) is 5.35. The van der Waals surface area contributed by atoms with E-state index in [1.54, 1.807) is 0 Å². The van der Waals surface area contributed by atoms with Crippen molar-refractivity contribution in [2.45, 2.75) is 65.4 Å². The average Bonchev–Trinajstić information content (AvgIpc) is 2.40. The largest absolute Gasteiger partial charge is 0.491 e. The lowest BCUT2D eigenvalue weighted by Crippen LogP contribution is -2.11. The molecule has 1 nitrogen and oxygen atoms in total. The number of hydrogen-bond donors (Lipinski definition) is 0. The third kappa shape index (κ3) is 5.96. The van der Waals surface area contributed by atoms with E-state index in [1.807, 2.05) is 6.08 Å². The van der Waals surface area contributed by atoms with Gasteiger partial charge in [0, 0.05) is 0 Å². The van der Waals surface area contributed by atoms with Gasteiger partial charge in [-0.2, -0.15) is 0 Å². The first-order valence-corrected chi connectivity index (χ1v) is 7.57. The molecule has 0 aromatic heterocycles. The van der Waals surface area contributed by atoms with Crippen molar-refractivity contribution in [3.05, 3.63) is 35.9 Å². The summed E-state index contributed by atoms with van der Waals surface area (Å²) in [6, 6.07) is 6.23. The maximum absolute atomic E-state index is 5.97. The zero-order chi connectivity index (χ0) is 14.1. The number of benzene rings is 1. The Morgan fingerprint density at radius 2 is 1.95 bits per heavy atom. The van der Waals surface area contributed by atoms with Gasteiger partial charge in [-0.05, 0) is 49.9 Å². The zero-order valence-corrected chi connectivity index (χ0v) is 12.7. The molecule has 0 spiro atoms. The zero-order valence-electron chi connectivity index (χ0n) is 12.7. The summed E-state index contributed by atoms with van der Waals surface area (Å²) in [6.07, 6.45) is 9.93. The summed E-state index contributed by atoms with van der Waals surface area (Å²) in [5.74, 6) is 0.960. The summed E-state index contributed by atoms with van der Waals surface area (Å²) in [5.41, 5.74) is 2.40. The van der Waals surface area contributed by atoms with E-state index in [0.29, 0.717) is 6.10 Å². The molecule has 0 saturated carbocycles. The molecule has 19 heavy (non-hydrogen) atoms. The number of aryl methyl sites for hydroxylation is 1. The molecule has 1 atom stereocenters. The van der Waals surface area contributed by atoms with Gasteiger partial charge in [-0.3, -0.25) is 0 Å². The van der Waals surface area contributed by atoms with Gasteiger partial charge in [-0.15, -0.1) is 0 Å². The standard InChI is InChI=1S/C18H28O/c1-5-7-8-9-10-11-16(4)19-18-13-12-15(3)17(6-2)14-18/h6,12-14,16H,2,5,7-11H2,1,3-4H3. The maximum atomic E-state index is 5.97. The molecule has 0 saturated heterocycles. The fourth-order valence-electron chi connectivity index (χ4n) is 2.24. The van der Waals surface area contributed by atoms with Crippen LogP contribution in [0.3, 0.4) is 0 Å². The second-order valence-electron chi connectivity index (χ2n) is 5.35. The fourth-order valence-corrected chi connectivity index (χ4v) is 2.24. The molecule has 0 N–H and O–H groups in total. The SMILES string of the molecule is C=Cc1cc(OC(C)CCCCCCC)ccc1C. The Kier molecular flexibility index (Phi) is 7.32. The number of unbranched alkanes of at least 4 members (excludes halogenated alkanes) is 4. The first kappa shape index (κ1) is 15.8. The van der Waals surface area contributed by atoms with Crippen molar-refractivity contribution in [2.24, 2.45) is 0 Å². The molecule has 106 valence electrons. The first-order valence-electron chi connectivity index (χ1n) is 7.57. The van der Waals surface area contributed by atoms with Crippen LogP contribution in [0.1, 0.15) is 63.5 Å². The van der Waals surface area contributed by atoms with Gasteiger partial charge < -0.3 is 4.74 Å². The lowest BCUT2D eigenvalue weighted by atomic mass is 10.1. The molecule has 0 aliphatic rings. The molecule has 1 aromatic rings. The van der Waals surface area contributed by atoms with Crippen LogP contribution in [0.4, 0.5) is 0 Å². The molecule has 1 unspecified atom stereocenters. The van der Waals surface area contributed by atoms with E-state index >= 15 is 0 Å². The molecular weight excluding hydrogens is 232 g/mol. The van der Waals surface area contributed by atoms with Crippen molar-refractivity contribution in [1.82, 2.24) is 0 Å². The highest BCUT2D eigenvalue weighted by molar-refractivity contribution is 5.54. The molecule has 0 radical (unpaired) electrons. The van der Waals surface area contributed by atoms with Gasteiger partial charge in [0.05, 0.1) is 6.10 Å². The molecule has 0 heterocycles. The van der Waals surface area contributed by atoms with Gasteiger partial charge in [-0.1, -0.05) is 51.3 Å². The lowest BCUT2D eigenvalue weighted by Gasteiger charge is -2.15. The maximum Gasteiger partial charge on any atom is 0.120 e. The quantitative estimate of drug-likeness (QED) is 0.512. The summed E-state index contributed by atoms with van der Waals surface area (Å²) in [4.78, 5) is 0. The highest BCUT2D eigenvalue weighted by atomic mass is 16.5. The van der Waals surface area contributed by atoms with Gasteiger partial charge >= 0.3 is 0 Å². The minimum absolute atomic E-state index is 0.294. The fraction of sp³-hybridized carbons (Fsp3) is 0.556. The van der Waals surface area contributed by atoms with Crippen LogP contribution in [0.5, 0.6) is 5.75 Å². The molecule has 1 rings (SSSR count). The molecule has 1 heteroatoms. The van der Waals surface area contributed by atoms with E-state index in [0.717, 1.165) is 17.7 Å². The monoisotopic (exact) mass is 260 g/mol. The van der Waals surface area contributed by atoms with E-state index in [-0.39, 0.29) is 0 Å². The van der Waals surface area contributed by atoms with Crippen molar-refractivity contribution >= 4 is 6.08 Å². The average molecular weight is 260 g/mol. The third-order valence-corrected chi connectivity index (χ3v) is 3.52. The van der Waals surface area contributed by atoms with Gasteiger partial charge in [0.2, 0.25) is 0 Å². The number of ether oxygens (including phenoxy) is 1. The first-order chi connectivity index (χ1) is 9.17. The van der Waals surface area contributed by atoms with Crippen LogP contribution < -0.4 is 4.74 Å². The van der Waals surface area contributed by atoms with Gasteiger partial charge in [0.25, 0.3) is 0 Å². The van der Waals surface area contributed by atoms with Gasteiger partial charge in [-0.25, -0.2) is 0 Å². The lowest BCUT2D eigenvalue weighted by molar-refractivity contribution is 0.206. The van der Waals surface area contributed by atoms with Crippen molar-refractivity contribution < 1.29 is 4.74 Å². The minimum atomic E-state index is 0.294. The Morgan fingerprint density at radius 3 is 2.63 bits per heavy atom. The topological polar surface area (TPSA) is 9.23 Å². The van der Waals surface area contributed by atoms with Crippen LogP contribution >= 0.6 is 0 Å². The third-order valence-electron chi connectivity index (χ3n) is 3.52. The van der Waals surface area contributed by atoms with Crippen molar-refractivity contribution in [3.63, 3.8) is 0 Å². The summed E-state index contributed by atoms with van der Waals surface area (Å²) < 4.78 is 5.97. The Hall–Kier alpha value is -1.24. The van der Waals surface area contributed by atoms with Crippen molar-refractivity contribution in [3.8, 4) is 5.75 Å². The Labute approximate surface area is 118 Å². The van der Waals surface area contributed by atoms with Gasteiger partial charge in [0.1, 0.15) is 5.75 Å². The predicted molar refractivity (Wildman–Crippen MR) is 84.7 cm³/mol. The van der Waals surface area contributed by atoms with Crippen LogP contribution in [0, 0.1) is 6.92 Å². The Balaban J connectivity index is 2.35. The summed E-state index contributed by atoms with van der Waals surface area (Å²) in [6.45, 7) is 10.3. The molecule has 0 amide bonds. The van der Waals surface area contributed by atoms with E-state index in [9.17, 15) is 0 Å². The Morgan fingerprint density at radius 1 is 1.21 bits per heavy atom. The highest BCUT2D eigenvalue weighted by Crippen LogP contribution is 2.20. The van der Waals surface area contributed by atoms with Crippen LogP contribution in [-0.4, -0.2) is 6.10 Å². The molecule has 0 fully saturated rings. The van der Waals surface area contributed by atoms with Gasteiger partial charge in [0.15, 0.2) is 0 Å². The van der Waals surface area contributed by atoms with E-state index in [2.05, 4.69) is 45.5 Å². The minimum Gasteiger partial charge on any atom is -0.491 e. The predicted octanol–water partition coefficient (Wildman–Crippen LogP) is 5.77. The molecule has 1 aromatic carbocycles. The van der Waals surface area contributed by atoms with E-state index in [4.69, 9.17) is 4.74 Å². The molecular formula is C18H28O. The van der Waals surface area contributed by atoms with Crippen LogP contribution in [-0.2, 0) is 0 Å². The highest BCUT2D eigenvalue weighted by Gasteiger charge is 2.05. The molecule has 0 aliphatic heterocycles. The van der Waals surface area contributed by atoms with E-state index < -0.39 is 0 Å². The summed E-state index contributed by atoms with van der Waals surface area (Å²) in [7, 11) is 0. The smallest absolute Gasteiger partial charge is 0.120 e. The van der Waals surface area contributed by atoms with Crippen LogP contribution in [0.2, 0.25) is 0 Å². The molecule has 0 bridgehead atoms. The molecule has 0 aliphatic carbocycles. The summed E-state index contributed by atoms with van der Waals surface area (Å²) >= 11 is 0. The van der Waals surface area contributed by atoms with E-state index in [1.165, 1.54) is 37.7 Å². The van der Waals surface area contributed by atoms with Crippen LogP contribution in [0.25, 0.3) is 6.08 Å².